The van der Waals surface area contributed by atoms with Gasteiger partial charge in [-0.05, 0) is 81.6 Å². The standard InChI is InChI=1S/C31H35N5O2/c1-31(2)19-28(37)25-12-11-21(17-29(25)38-31)24-9-4-5-10-27-26(24)20-32-30(34-27)33-22-7-6-8-23(18-22)36-15-13-35(3)14-16-36/h6-9,11-12,17-18,20H,4-5,10,13-16,19H2,1-3H3,(H,32,33,34). The molecule has 0 radical (unpaired) electrons. The third-order valence-electron chi connectivity index (χ3n) is 7.66. The van der Waals surface area contributed by atoms with E-state index < -0.39 is 5.60 Å². The topological polar surface area (TPSA) is 70.6 Å². The number of benzene rings is 2. The van der Waals surface area contributed by atoms with Crippen molar-refractivity contribution in [1.82, 2.24) is 14.9 Å². The van der Waals surface area contributed by atoms with E-state index in [0.29, 0.717) is 23.7 Å². The maximum atomic E-state index is 12.6. The molecule has 2 aromatic carbocycles. The summed E-state index contributed by atoms with van der Waals surface area (Å²) in [5.41, 5.74) is 6.59. The number of Topliss-reactive ketones (excluding diaryl/α,β-unsaturated/α-hetero) is 1. The first-order valence-corrected chi connectivity index (χ1v) is 13.6. The van der Waals surface area contributed by atoms with Crippen LogP contribution in [0.2, 0.25) is 0 Å². The highest BCUT2D eigenvalue weighted by Crippen LogP contribution is 2.38. The molecule has 2 aliphatic heterocycles. The number of rotatable bonds is 4. The van der Waals surface area contributed by atoms with E-state index in [1.165, 1.54) is 5.69 Å². The molecule has 38 heavy (non-hydrogen) atoms. The Kier molecular flexibility index (Phi) is 6.40. The smallest absolute Gasteiger partial charge is 0.227 e. The van der Waals surface area contributed by atoms with Crippen molar-refractivity contribution in [3.05, 3.63) is 77.1 Å². The highest BCUT2D eigenvalue weighted by atomic mass is 16.5. The van der Waals surface area contributed by atoms with E-state index in [-0.39, 0.29) is 5.78 Å². The van der Waals surface area contributed by atoms with Gasteiger partial charge in [0.2, 0.25) is 5.95 Å². The molecular weight excluding hydrogens is 474 g/mol. The number of allylic oxidation sites excluding steroid dienone is 1. The summed E-state index contributed by atoms with van der Waals surface area (Å²) in [6.07, 6.45) is 7.47. The molecule has 6 rings (SSSR count). The molecule has 1 saturated heterocycles. The highest BCUT2D eigenvalue weighted by molar-refractivity contribution is 6.01. The summed E-state index contributed by atoms with van der Waals surface area (Å²) in [5.74, 6) is 1.41. The number of nitrogens with one attached hydrogen (secondary N) is 1. The molecule has 0 amide bonds. The van der Waals surface area contributed by atoms with Gasteiger partial charge in [0.25, 0.3) is 0 Å². The minimum atomic E-state index is -0.496. The number of hydrogen-bond acceptors (Lipinski definition) is 7. The van der Waals surface area contributed by atoms with E-state index in [4.69, 9.17) is 14.7 Å². The number of nitrogens with zero attached hydrogens (tertiary/aromatic N) is 4. The summed E-state index contributed by atoms with van der Waals surface area (Å²) in [6, 6.07) is 14.4. The van der Waals surface area contributed by atoms with E-state index in [0.717, 1.165) is 73.5 Å². The molecule has 196 valence electrons. The molecular formula is C31H35N5O2. The second kappa shape index (κ2) is 9.87. The lowest BCUT2D eigenvalue weighted by Crippen LogP contribution is -2.44. The van der Waals surface area contributed by atoms with Crippen LogP contribution in [-0.4, -0.2) is 59.5 Å². The number of carbonyl (C=O) groups excluding carboxylic acids is 1. The second-order valence-corrected chi connectivity index (χ2v) is 11.2. The van der Waals surface area contributed by atoms with Crippen LogP contribution in [0.15, 0.2) is 54.7 Å². The van der Waals surface area contributed by atoms with E-state index in [2.05, 4.69) is 52.5 Å². The van der Waals surface area contributed by atoms with Crippen LogP contribution in [0, 0.1) is 0 Å². The Hall–Kier alpha value is -3.71. The first-order valence-electron chi connectivity index (χ1n) is 13.6. The monoisotopic (exact) mass is 509 g/mol. The Morgan fingerprint density at radius 2 is 1.87 bits per heavy atom. The maximum Gasteiger partial charge on any atom is 0.227 e. The van der Waals surface area contributed by atoms with Crippen molar-refractivity contribution >= 4 is 28.7 Å². The fourth-order valence-electron chi connectivity index (χ4n) is 5.59. The number of fused-ring (bicyclic) bond motifs is 2. The maximum absolute atomic E-state index is 12.6. The molecule has 0 saturated carbocycles. The van der Waals surface area contributed by atoms with Crippen LogP contribution < -0.4 is 15.0 Å². The number of piperazine rings is 1. The third kappa shape index (κ3) is 5.03. The Bertz CT molecular complexity index is 1410. The Morgan fingerprint density at radius 1 is 1.03 bits per heavy atom. The van der Waals surface area contributed by atoms with Gasteiger partial charge in [-0.3, -0.25) is 4.79 Å². The number of anilines is 3. The van der Waals surface area contributed by atoms with E-state index >= 15 is 0 Å². The highest BCUT2D eigenvalue weighted by Gasteiger charge is 2.33. The SMILES string of the molecule is CN1CCN(c2cccc(Nc3ncc4c(n3)CCCC=C4c3ccc4c(c3)OC(C)(C)CC4=O)c2)CC1. The Morgan fingerprint density at radius 3 is 2.71 bits per heavy atom. The van der Waals surface area contributed by atoms with Crippen molar-refractivity contribution in [1.29, 1.82) is 0 Å². The van der Waals surface area contributed by atoms with Crippen LogP contribution in [0.4, 0.5) is 17.3 Å². The average Bonchev–Trinajstić information content (AvgIpc) is 3.10. The predicted molar refractivity (Wildman–Crippen MR) is 152 cm³/mol. The molecule has 3 aromatic rings. The molecule has 0 unspecified atom stereocenters. The average molecular weight is 510 g/mol. The molecule has 3 aliphatic rings. The quantitative estimate of drug-likeness (QED) is 0.499. The molecule has 0 atom stereocenters. The number of carbonyl (C=O) groups is 1. The summed E-state index contributed by atoms with van der Waals surface area (Å²) < 4.78 is 6.19. The Balaban J connectivity index is 1.26. The fraction of sp³-hybridized carbons (Fsp3) is 0.387. The van der Waals surface area contributed by atoms with E-state index in [1.54, 1.807) is 0 Å². The number of ketones is 1. The molecule has 7 nitrogen and oxygen atoms in total. The van der Waals surface area contributed by atoms with Gasteiger partial charge in [-0.25, -0.2) is 9.97 Å². The molecule has 1 aromatic heterocycles. The molecule has 3 heterocycles. The fourth-order valence-corrected chi connectivity index (χ4v) is 5.59. The minimum absolute atomic E-state index is 0.133. The van der Waals surface area contributed by atoms with Crippen LogP contribution >= 0.6 is 0 Å². The van der Waals surface area contributed by atoms with E-state index in [9.17, 15) is 4.79 Å². The first-order chi connectivity index (χ1) is 18.3. The summed E-state index contributed by atoms with van der Waals surface area (Å²) in [7, 11) is 2.17. The predicted octanol–water partition coefficient (Wildman–Crippen LogP) is 5.48. The van der Waals surface area contributed by atoms with Crippen molar-refractivity contribution < 1.29 is 9.53 Å². The van der Waals surface area contributed by atoms with Crippen molar-refractivity contribution in [2.75, 3.05) is 43.4 Å². The summed E-state index contributed by atoms with van der Waals surface area (Å²) in [5, 5.41) is 3.44. The van der Waals surface area contributed by atoms with Gasteiger partial charge in [0.05, 0.1) is 17.7 Å². The van der Waals surface area contributed by atoms with Crippen LogP contribution in [-0.2, 0) is 6.42 Å². The summed E-state index contributed by atoms with van der Waals surface area (Å²) >= 11 is 0. The van der Waals surface area contributed by atoms with Gasteiger partial charge in [0, 0.05) is 49.3 Å². The number of aryl methyl sites for hydroxylation is 1. The molecule has 7 heteroatoms. The molecule has 1 fully saturated rings. The number of ether oxygens (including phenoxy) is 1. The van der Waals surface area contributed by atoms with Gasteiger partial charge >= 0.3 is 0 Å². The molecule has 0 bridgehead atoms. The number of hydrogen-bond donors (Lipinski definition) is 1. The van der Waals surface area contributed by atoms with Crippen LogP contribution in [0.5, 0.6) is 5.75 Å². The zero-order valence-electron chi connectivity index (χ0n) is 22.5. The van der Waals surface area contributed by atoms with Gasteiger partial charge in [0.1, 0.15) is 11.4 Å². The molecule has 1 aliphatic carbocycles. The van der Waals surface area contributed by atoms with Gasteiger partial charge < -0.3 is 19.9 Å². The van der Waals surface area contributed by atoms with Crippen LogP contribution in [0.1, 0.15) is 60.3 Å². The van der Waals surface area contributed by atoms with Crippen molar-refractivity contribution in [2.24, 2.45) is 0 Å². The lowest BCUT2D eigenvalue weighted by atomic mass is 9.90. The zero-order valence-corrected chi connectivity index (χ0v) is 22.5. The largest absolute Gasteiger partial charge is 0.487 e. The van der Waals surface area contributed by atoms with Gasteiger partial charge in [0.15, 0.2) is 5.78 Å². The lowest BCUT2D eigenvalue weighted by molar-refractivity contribution is 0.0620. The summed E-state index contributed by atoms with van der Waals surface area (Å²) in [4.78, 5) is 27.1. The Labute approximate surface area is 224 Å². The van der Waals surface area contributed by atoms with Gasteiger partial charge in [-0.2, -0.15) is 0 Å². The lowest BCUT2D eigenvalue weighted by Gasteiger charge is -2.34. The number of likely N-dealkylation sites (N-methyl/N-ethyl adjacent to an activating group) is 1. The second-order valence-electron chi connectivity index (χ2n) is 11.2. The third-order valence-corrected chi connectivity index (χ3v) is 7.66. The van der Waals surface area contributed by atoms with Gasteiger partial charge in [-0.1, -0.05) is 18.2 Å². The summed E-state index contributed by atoms with van der Waals surface area (Å²) in [6.45, 7) is 8.14. The van der Waals surface area contributed by atoms with Crippen molar-refractivity contribution in [3.63, 3.8) is 0 Å². The van der Waals surface area contributed by atoms with Crippen molar-refractivity contribution in [3.8, 4) is 5.75 Å². The van der Waals surface area contributed by atoms with Crippen molar-refractivity contribution in [2.45, 2.75) is 45.1 Å². The minimum Gasteiger partial charge on any atom is -0.487 e. The normalized spacial score (nSPS) is 19.1. The zero-order chi connectivity index (χ0) is 26.3. The first kappa shape index (κ1) is 24.6. The number of aromatic nitrogens is 2. The van der Waals surface area contributed by atoms with E-state index in [1.807, 2.05) is 38.2 Å². The van der Waals surface area contributed by atoms with Gasteiger partial charge in [-0.15, -0.1) is 0 Å². The molecule has 0 spiro atoms. The van der Waals surface area contributed by atoms with Crippen LogP contribution in [0.3, 0.4) is 0 Å². The van der Waals surface area contributed by atoms with Crippen LogP contribution in [0.25, 0.3) is 5.57 Å². The molecule has 1 N–H and O–H groups in total.